The van der Waals surface area contributed by atoms with E-state index in [0.29, 0.717) is 18.6 Å². The number of benzene rings is 2. The Morgan fingerprint density at radius 2 is 1.64 bits per heavy atom. The maximum absolute atomic E-state index is 13.9. The van der Waals surface area contributed by atoms with Crippen LogP contribution in [0.1, 0.15) is 45.2 Å². The van der Waals surface area contributed by atoms with Gasteiger partial charge in [-0.2, -0.15) is 0 Å². The lowest BCUT2D eigenvalue weighted by atomic mass is 9.96. The number of carbonyl (C=O) groups excluding carboxylic acids is 3. The van der Waals surface area contributed by atoms with Crippen LogP contribution in [0.4, 0.5) is 0 Å². The highest BCUT2D eigenvalue weighted by Crippen LogP contribution is 2.21. The second kappa shape index (κ2) is 13.9. The standard InChI is InChI=1S/C31H42N4O4/c1-20(2)18-25-29(36)32-17-16-22-12-14-24(15-13-22)39-28(21(3)4)27(31(38)33-25)34-30(37)26(35(5)6)19-23-10-8-7-9-11-23/h7-17,20-21,25-28H,18-19H2,1-6H3,(H,32,36)(H,33,38)(H,34,37)/t25-,26+,27-,28+/m1/s1. The molecule has 0 radical (unpaired) electrons. The number of nitrogens with zero attached hydrogens (tertiary/aromatic N) is 1. The van der Waals surface area contributed by atoms with E-state index in [9.17, 15) is 14.4 Å². The predicted octanol–water partition coefficient (Wildman–Crippen LogP) is 3.38. The van der Waals surface area contributed by atoms with E-state index in [-0.39, 0.29) is 23.7 Å². The molecule has 0 unspecified atom stereocenters. The normalized spacial score (nSPS) is 20.8. The summed E-state index contributed by atoms with van der Waals surface area (Å²) < 4.78 is 6.35. The van der Waals surface area contributed by atoms with Crippen LogP contribution in [0.2, 0.25) is 0 Å². The summed E-state index contributed by atoms with van der Waals surface area (Å²) in [5.41, 5.74) is 1.91. The van der Waals surface area contributed by atoms with Crippen LogP contribution in [-0.4, -0.2) is 60.9 Å². The summed E-state index contributed by atoms with van der Waals surface area (Å²) >= 11 is 0. The first-order valence-electron chi connectivity index (χ1n) is 13.6. The van der Waals surface area contributed by atoms with E-state index in [4.69, 9.17) is 4.74 Å². The average Bonchev–Trinajstić information content (AvgIpc) is 2.89. The van der Waals surface area contributed by atoms with Gasteiger partial charge in [-0.1, -0.05) is 70.2 Å². The van der Waals surface area contributed by atoms with E-state index in [1.54, 1.807) is 12.3 Å². The van der Waals surface area contributed by atoms with E-state index in [2.05, 4.69) is 16.0 Å². The lowest BCUT2D eigenvalue weighted by Gasteiger charge is -2.34. The molecule has 3 N–H and O–H groups in total. The molecule has 2 aliphatic rings. The summed E-state index contributed by atoms with van der Waals surface area (Å²) in [4.78, 5) is 42.5. The highest BCUT2D eigenvalue weighted by Gasteiger charge is 2.38. The Morgan fingerprint density at radius 3 is 2.23 bits per heavy atom. The van der Waals surface area contributed by atoms with E-state index < -0.39 is 30.1 Å². The largest absolute Gasteiger partial charge is 0.487 e. The molecule has 0 spiro atoms. The van der Waals surface area contributed by atoms with Gasteiger partial charge in [0, 0.05) is 6.20 Å². The first kappa shape index (κ1) is 29.9. The number of ether oxygens (including phenoxy) is 1. The number of likely N-dealkylation sites (N-methyl/N-ethyl adjacent to an activating group) is 1. The molecule has 0 aromatic heterocycles. The molecule has 0 fully saturated rings. The van der Waals surface area contributed by atoms with E-state index in [1.165, 1.54) is 0 Å². The summed E-state index contributed by atoms with van der Waals surface area (Å²) in [6.45, 7) is 7.88. The molecule has 3 amide bonds. The Balaban J connectivity index is 1.98. The number of amides is 3. The van der Waals surface area contributed by atoms with Gasteiger partial charge in [-0.3, -0.25) is 19.3 Å². The number of carbonyl (C=O) groups is 3. The zero-order valence-electron chi connectivity index (χ0n) is 23.8. The third-order valence-electron chi connectivity index (χ3n) is 6.76. The van der Waals surface area contributed by atoms with Gasteiger partial charge in [0.15, 0.2) is 0 Å². The maximum atomic E-state index is 13.9. The molecule has 0 aliphatic carbocycles. The molecule has 2 aliphatic heterocycles. The Morgan fingerprint density at radius 1 is 0.974 bits per heavy atom. The number of rotatable bonds is 8. The van der Waals surface area contributed by atoms with Crippen molar-refractivity contribution in [3.05, 3.63) is 71.9 Å². The van der Waals surface area contributed by atoms with Crippen LogP contribution >= 0.6 is 0 Å². The van der Waals surface area contributed by atoms with Crippen molar-refractivity contribution < 1.29 is 19.1 Å². The minimum Gasteiger partial charge on any atom is -0.487 e. The summed E-state index contributed by atoms with van der Waals surface area (Å²) in [5, 5.41) is 8.70. The molecule has 8 heteroatoms. The van der Waals surface area contributed by atoms with Crippen molar-refractivity contribution in [2.45, 2.75) is 64.8 Å². The molecule has 4 atom stereocenters. The molecule has 8 nitrogen and oxygen atoms in total. The first-order chi connectivity index (χ1) is 18.5. The molecule has 0 saturated carbocycles. The molecular formula is C31H42N4O4. The van der Waals surface area contributed by atoms with Crippen molar-refractivity contribution in [1.29, 1.82) is 0 Å². The molecule has 39 heavy (non-hydrogen) atoms. The van der Waals surface area contributed by atoms with Crippen LogP contribution in [0.5, 0.6) is 5.75 Å². The lowest BCUT2D eigenvalue weighted by molar-refractivity contribution is -0.136. The summed E-state index contributed by atoms with van der Waals surface area (Å²) in [5.74, 6) is -0.446. The van der Waals surface area contributed by atoms with Gasteiger partial charge in [-0.05, 0) is 68.1 Å². The monoisotopic (exact) mass is 534 g/mol. The second-order valence-corrected chi connectivity index (χ2v) is 11.1. The van der Waals surface area contributed by atoms with Crippen molar-refractivity contribution in [2.24, 2.45) is 11.8 Å². The zero-order valence-corrected chi connectivity index (χ0v) is 23.8. The van der Waals surface area contributed by atoms with Gasteiger partial charge in [0.25, 0.3) is 0 Å². The van der Waals surface area contributed by atoms with E-state index in [1.807, 2.05) is 101 Å². The van der Waals surface area contributed by atoms with Gasteiger partial charge in [-0.25, -0.2) is 0 Å². The molecule has 2 bridgehead atoms. The fraction of sp³-hybridized carbons (Fsp3) is 0.452. The van der Waals surface area contributed by atoms with Gasteiger partial charge < -0.3 is 20.7 Å². The molecule has 2 heterocycles. The molecule has 0 saturated heterocycles. The highest BCUT2D eigenvalue weighted by molar-refractivity contribution is 5.94. The Bertz CT molecular complexity index is 1130. The summed E-state index contributed by atoms with van der Waals surface area (Å²) in [7, 11) is 3.69. The molecule has 4 rings (SSSR count). The fourth-order valence-corrected chi connectivity index (χ4v) is 4.58. The predicted molar refractivity (Wildman–Crippen MR) is 154 cm³/mol. The smallest absolute Gasteiger partial charge is 0.247 e. The summed E-state index contributed by atoms with van der Waals surface area (Å²) in [6.07, 6.45) is 3.61. The van der Waals surface area contributed by atoms with Gasteiger partial charge in [0.05, 0.1) is 6.04 Å². The average molecular weight is 535 g/mol. The Hall–Kier alpha value is -3.65. The maximum Gasteiger partial charge on any atom is 0.247 e. The van der Waals surface area contributed by atoms with Crippen molar-refractivity contribution in [1.82, 2.24) is 20.9 Å². The number of nitrogens with one attached hydrogen (secondary N) is 3. The van der Waals surface area contributed by atoms with Crippen LogP contribution in [0.15, 0.2) is 60.8 Å². The quantitative estimate of drug-likeness (QED) is 0.482. The van der Waals surface area contributed by atoms with E-state index in [0.717, 1.165) is 11.1 Å². The number of hydrogen-bond donors (Lipinski definition) is 3. The minimum absolute atomic E-state index is 0.127. The van der Waals surface area contributed by atoms with E-state index >= 15 is 0 Å². The third-order valence-corrected chi connectivity index (χ3v) is 6.76. The summed E-state index contributed by atoms with van der Waals surface area (Å²) in [6, 6.07) is 14.8. The number of fused-ring (bicyclic) bond motifs is 10. The SMILES string of the molecule is CC(C)C[C@H]1NC(=O)[C@H](NC(=O)[C@H](Cc2ccccc2)N(C)C)[C@H](C(C)C)Oc2ccc(cc2)C=CNC1=O. The number of hydrogen-bond acceptors (Lipinski definition) is 5. The highest BCUT2D eigenvalue weighted by atomic mass is 16.5. The minimum atomic E-state index is -1.03. The molecule has 210 valence electrons. The lowest BCUT2D eigenvalue weighted by Crippen LogP contribution is -2.62. The van der Waals surface area contributed by atoms with Crippen LogP contribution in [0.3, 0.4) is 0 Å². The van der Waals surface area contributed by atoms with Gasteiger partial charge in [0.2, 0.25) is 17.7 Å². The van der Waals surface area contributed by atoms with Gasteiger partial charge >= 0.3 is 0 Å². The van der Waals surface area contributed by atoms with Crippen LogP contribution in [0.25, 0.3) is 6.08 Å². The van der Waals surface area contributed by atoms with Crippen molar-refractivity contribution >= 4 is 23.8 Å². The molecule has 2 aromatic carbocycles. The third kappa shape index (κ3) is 8.68. The van der Waals surface area contributed by atoms with Crippen LogP contribution in [-0.2, 0) is 20.8 Å². The van der Waals surface area contributed by atoms with Gasteiger partial charge in [0.1, 0.15) is 23.9 Å². The second-order valence-electron chi connectivity index (χ2n) is 11.1. The van der Waals surface area contributed by atoms with Crippen molar-refractivity contribution in [3.8, 4) is 5.75 Å². The molecule has 2 aromatic rings. The van der Waals surface area contributed by atoms with Crippen LogP contribution < -0.4 is 20.7 Å². The van der Waals surface area contributed by atoms with Crippen LogP contribution in [0, 0.1) is 11.8 Å². The fourth-order valence-electron chi connectivity index (χ4n) is 4.58. The molecular weight excluding hydrogens is 492 g/mol. The van der Waals surface area contributed by atoms with Crippen molar-refractivity contribution in [3.63, 3.8) is 0 Å². The zero-order chi connectivity index (χ0) is 28.5. The van der Waals surface area contributed by atoms with Gasteiger partial charge in [-0.15, -0.1) is 0 Å². The van der Waals surface area contributed by atoms with Crippen molar-refractivity contribution in [2.75, 3.05) is 14.1 Å². The Labute approximate surface area is 232 Å². The first-order valence-corrected chi connectivity index (χ1v) is 13.6. The Kier molecular flexibility index (Phi) is 10.7. The topological polar surface area (TPSA) is 99.8 Å².